The molecule has 0 heterocycles. The molecule has 1 N–H and O–H groups in total. The van der Waals surface area contributed by atoms with Gasteiger partial charge in [-0.3, -0.25) is 4.79 Å². The fourth-order valence-corrected chi connectivity index (χ4v) is 2.63. The molecular formula is C15H12ClFINO. The van der Waals surface area contributed by atoms with E-state index in [0.29, 0.717) is 14.2 Å². The highest BCUT2D eigenvalue weighted by molar-refractivity contribution is 14.1. The molecule has 1 unspecified atom stereocenters. The lowest BCUT2D eigenvalue weighted by atomic mass is 10.1. The van der Waals surface area contributed by atoms with Crippen molar-refractivity contribution in [1.29, 1.82) is 0 Å². The molecule has 0 bridgehead atoms. The first-order valence-electron chi connectivity index (χ1n) is 5.99. The van der Waals surface area contributed by atoms with Gasteiger partial charge in [0.15, 0.2) is 0 Å². The molecule has 0 aliphatic heterocycles. The minimum atomic E-state index is -0.350. The molecule has 2 aromatic rings. The standard InChI is InChI=1S/C15H12ClFINO/c1-9(10-2-4-11(16)5-3-10)19-15(20)13-7-6-12(17)8-14(13)18/h2-9H,1H3,(H,19,20). The maximum absolute atomic E-state index is 13.0. The van der Waals surface area contributed by atoms with Crippen LogP contribution in [0.15, 0.2) is 42.5 Å². The van der Waals surface area contributed by atoms with Gasteiger partial charge in [-0.15, -0.1) is 0 Å². The summed E-state index contributed by atoms with van der Waals surface area (Å²) in [5, 5.41) is 3.54. The molecule has 2 nitrogen and oxygen atoms in total. The van der Waals surface area contributed by atoms with E-state index in [1.807, 2.05) is 41.6 Å². The Morgan fingerprint density at radius 1 is 1.25 bits per heavy atom. The number of amides is 1. The molecule has 0 aliphatic carbocycles. The molecular weight excluding hydrogens is 392 g/mol. The third-order valence-electron chi connectivity index (χ3n) is 2.89. The molecule has 1 atom stereocenters. The Bertz CT molecular complexity index is 630. The van der Waals surface area contributed by atoms with Crippen molar-refractivity contribution in [3.63, 3.8) is 0 Å². The molecule has 0 radical (unpaired) electrons. The molecule has 2 rings (SSSR count). The third-order valence-corrected chi connectivity index (χ3v) is 4.04. The van der Waals surface area contributed by atoms with Gasteiger partial charge in [0.05, 0.1) is 11.6 Å². The van der Waals surface area contributed by atoms with Gasteiger partial charge in [-0.2, -0.15) is 0 Å². The number of nitrogens with one attached hydrogen (secondary N) is 1. The van der Waals surface area contributed by atoms with Crippen LogP contribution < -0.4 is 5.32 Å². The van der Waals surface area contributed by atoms with Crippen molar-refractivity contribution in [2.75, 3.05) is 0 Å². The third kappa shape index (κ3) is 3.70. The zero-order chi connectivity index (χ0) is 14.7. The molecule has 0 saturated heterocycles. The lowest BCUT2D eigenvalue weighted by molar-refractivity contribution is 0.0939. The number of carbonyl (C=O) groups excluding carboxylic acids is 1. The molecule has 0 spiro atoms. The summed E-state index contributed by atoms with van der Waals surface area (Å²) < 4.78 is 13.6. The van der Waals surface area contributed by atoms with Crippen LogP contribution in [-0.2, 0) is 0 Å². The van der Waals surface area contributed by atoms with Crippen molar-refractivity contribution in [1.82, 2.24) is 5.32 Å². The van der Waals surface area contributed by atoms with E-state index in [1.165, 1.54) is 18.2 Å². The second-order valence-corrected chi connectivity index (χ2v) is 5.97. The van der Waals surface area contributed by atoms with Crippen LogP contribution in [-0.4, -0.2) is 5.91 Å². The molecule has 2 aromatic carbocycles. The maximum atomic E-state index is 13.0. The van der Waals surface area contributed by atoms with Crippen LogP contribution >= 0.6 is 34.2 Å². The van der Waals surface area contributed by atoms with Crippen molar-refractivity contribution in [3.8, 4) is 0 Å². The van der Waals surface area contributed by atoms with E-state index in [9.17, 15) is 9.18 Å². The zero-order valence-electron chi connectivity index (χ0n) is 10.7. The Kier molecular flexibility index (Phi) is 4.99. The number of hydrogen-bond acceptors (Lipinski definition) is 1. The Labute approximate surface area is 135 Å². The number of carbonyl (C=O) groups is 1. The van der Waals surface area contributed by atoms with Gasteiger partial charge in [0.25, 0.3) is 5.91 Å². The minimum absolute atomic E-state index is 0.152. The highest BCUT2D eigenvalue weighted by atomic mass is 127. The van der Waals surface area contributed by atoms with Gasteiger partial charge in [0.2, 0.25) is 0 Å². The second-order valence-electron chi connectivity index (χ2n) is 4.37. The minimum Gasteiger partial charge on any atom is -0.345 e. The van der Waals surface area contributed by atoms with E-state index >= 15 is 0 Å². The first-order chi connectivity index (χ1) is 9.47. The first kappa shape index (κ1) is 15.3. The van der Waals surface area contributed by atoms with Crippen LogP contribution in [0.3, 0.4) is 0 Å². The van der Waals surface area contributed by atoms with E-state index in [4.69, 9.17) is 11.6 Å². The fraction of sp³-hybridized carbons (Fsp3) is 0.133. The maximum Gasteiger partial charge on any atom is 0.252 e. The monoisotopic (exact) mass is 403 g/mol. The van der Waals surface area contributed by atoms with Gasteiger partial charge in [-0.25, -0.2) is 4.39 Å². The van der Waals surface area contributed by atoms with Crippen LogP contribution in [0.25, 0.3) is 0 Å². The molecule has 104 valence electrons. The second kappa shape index (κ2) is 6.54. The molecule has 0 saturated carbocycles. The highest BCUT2D eigenvalue weighted by Gasteiger charge is 2.14. The van der Waals surface area contributed by atoms with Gasteiger partial charge in [0, 0.05) is 8.59 Å². The zero-order valence-corrected chi connectivity index (χ0v) is 13.6. The van der Waals surface area contributed by atoms with E-state index in [2.05, 4.69) is 5.32 Å². The van der Waals surface area contributed by atoms with Crippen LogP contribution in [0.5, 0.6) is 0 Å². The summed E-state index contributed by atoms with van der Waals surface area (Å²) in [5.41, 5.74) is 1.42. The topological polar surface area (TPSA) is 29.1 Å². The summed E-state index contributed by atoms with van der Waals surface area (Å²) in [5.74, 6) is -0.575. The summed E-state index contributed by atoms with van der Waals surface area (Å²) >= 11 is 7.78. The van der Waals surface area contributed by atoms with E-state index in [0.717, 1.165) is 5.56 Å². The van der Waals surface area contributed by atoms with Crippen molar-refractivity contribution >= 4 is 40.1 Å². The van der Waals surface area contributed by atoms with Crippen LogP contribution in [0.1, 0.15) is 28.9 Å². The average molecular weight is 404 g/mol. The Balaban J connectivity index is 2.13. The van der Waals surface area contributed by atoms with Crippen molar-refractivity contribution in [3.05, 3.63) is 68.0 Å². The van der Waals surface area contributed by atoms with E-state index < -0.39 is 0 Å². The van der Waals surface area contributed by atoms with Crippen LogP contribution in [0.4, 0.5) is 4.39 Å². The molecule has 5 heteroatoms. The molecule has 1 amide bonds. The summed E-state index contributed by atoms with van der Waals surface area (Å²) in [6.07, 6.45) is 0. The fourth-order valence-electron chi connectivity index (χ4n) is 1.78. The number of benzene rings is 2. The molecule has 0 aliphatic rings. The van der Waals surface area contributed by atoms with E-state index in [1.54, 1.807) is 12.1 Å². The highest BCUT2D eigenvalue weighted by Crippen LogP contribution is 2.18. The molecule has 20 heavy (non-hydrogen) atoms. The number of hydrogen-bond donors (Lipinski definition) is 1. The van der Waals surface area contributed by atoms with Gasteiger partial charge in [-0.05, 0) is 65.4 Å². The summed E-state index contributed by atoms with van der Waals surface area (Å²) in [6, 6.07) is 11.2. The smallest absolute Gasteiger partial charge is 0.252 e. The van der Waals surface area contributed by atoms with E-state index in [-0.39, 0.29) is 17.8 Å². The SMILES string of the molecule is CC(NC(=O)c1ccc(F)cc1I)c1ccc(Cl)cc1. The summed E-state index contributed by atoms with van der Waals surface area (Å²) in [4.78, 5) is 12.2. The number of rotatable bonds is 3. The Hall–Kier alpha value is -1.14. The average Bonchev–Trinajstić information content (AvgIpc) is 2.39. The molecule has 0 fully saturated rings. The number of halogens is 3. The van der Waals surface area contributed by atoms with Crippen molar-refractivity contribution < 1.29 is 9.18 Å². The normalized spacial score (nSPS) is 12.0. The lowest BCUT2D eigenvalue weighted by Gasteiger charge is -2.15. The van der Waals surface area contributed by atoms with Gasteiger partial charge in [0.1, 0.15) is 5.82 Å². The lowest BCUT2D eigenvalue weighted by Crippen LogP contribution is -2.27. The van der Waals surface area contributed by atoms with Crippen LogP contribution in [0.2, 0.25) is 5.02 Å². The summed E-state index contributed by atoms with van der Waals surface area (Å²) in [7, 11) is 0. The Morgan fingerprint density at radius 3 is 2.50 bits per heavy atom. The van der Waals surface area contributed by atoms with Crippen molar-refractivity contribution in [2.45, 2.75) is 13.0 Å². The van der Waals surface area contributed by atoms with Gasteiger partial charge in [-0.1, -0.05) is 23.7 Å². The predicted molar refractivity (Wildman–Crippen MR) is 86.5 cm³/mol. The summed E-state index contributed by atoms with van der Waals surface area (Å²) in [6.45, 7) is 1.89. The first-order valence-corrected chi connectivity index (χ1v) is 7.44. The van der Waals surface area contributed by atoms with Gasteiger partial charge >= 0.3 is 0 Å². The largest absolute Gasteiger partial charge is 0.345 e. The predicted octanol–water partition coefficient (Wildman–Crippen LogP) is 4.57. The van der Waals surface area contributed by atoms with Crippen molar-refractivity contribution in [2.24, 2.45) is 0 Å². The Morgan fingerprint density at radius 2 is 1.90 bits per heavy atom. The van der Waals surface area contributed by atoms with Crippen LogP contribution in [0, 0.1) is 9.39 Å². The quantitative estimate of drug-likeness (QED) is 0.747. The molecule has 0 aromatic heterocycles. The van der Waals surface area contributed by atoms with Gasteiger partial charge < -0.3 is 5.32 Å².